The molecule has 0 amide bonds. The molecule has 0 aromatic heterocycles. The van der Waals surface area contributed by atoms with Crippen molar-refractivity contribution in [3.63, 3.8) is 0 Å². The maximum absolute atomic E-state index is 12.0. The quantitative estimate of drug-likeness (QED) is 0.125. The summed E-state index contributed by atoms with van der Waals surface area (Å²) < 4.78 is 34.0. The van der Waals surface area contributed by atoms with Crippen molar-refractivity contribution in [2.24, 2.45) is 46.4 Å². The van der Waals surface area contributed by atoms with Crippen LogP contribution in [0.2, 0.25) is 0 Å². The Morgan fingerprint density at radius 3 is 2.20 bits per heavy atom. The van der Waals surface area contributed by atoms with E-state index in [1.807, 2.05) is 47.6 Å². The number of carbonyl (C=O) groups is 1. The monoisotopic (exact) mass is 764 g/mol. The van der Waals surface area contributed by atoms with Gasteiger partial charge >= 0.3 is 5.97 Å². The van der Waals surface area contributed by atoms with Crippen LogP contribution >= 0.6 is 0 Å². The largest absolute Gasteiger partial charge is 0.481 e. The number of rotatable bonds is 12. The molecule has 2 spiro atoms. The Hall–Kier alpha value is -1.44. The summed E-state index contributed by atoms with van der Waals surface area (Å²) in [6.07, 6.45) is 6.95. The molecule has 5 aliphatic heterocycles. The lowest BCUT2D eigenvalue weighted by molar-refractivity contribution is -0.408. The Balaban J connectivity index is 1.34. The van der Waals surface area contributed by atoms with E-state index in [0.717, 1.165) is 25.0 Å². The van der Waals surface area contributed by atoms with Crippen molar-refractivity contribution in [1.82, 2.24) is 0 Å². The molecule has 0 aromatic carbocycles. The molecular weight excluding hydrogens is 690 g/mol. The average Bonchev–Trinajstić information content (AvgIpc) is 3.48. The molecule has 0 saturated carbocycles. The Morgan fingerprint density at radius 1 is 0.926 bits per heavy atom. The van der Waals surface area contributed by atoms with Gasteiger partial charge < -0.3 is 44.1 Å². The lowest BCUT2D eigenvalue weighted by Gasteiger charge is -2.54. The van der Waals surface area contributed by atoms with E-state index in [0.29, 0.717) is 44.9 Å². The predicted octanol–water partition coefficient (Wildman–Crippen LogP) is 6.69. The van der Waals surface area contributed by atoms with Crippen LogP contribution in [0.5, 0.6) is 0 Å². The molecule has 5 aliphatic rings. The first kappa shape index (κ1) is 43.7. The minimum Gasteiger partial charge on any atom is -0.481 e. The number of hydrogen-bond donors (Lipinski definition) is 4. The molecule has 4 fully saturated rings. The fourth-order valence-corrected chi connectivity index (χ4v) is 10.9. The van der Waals surface area contributed by atoms with Gasteiger partial charge in [0.25, 0.3) is 0 Å². The van der Waals surface area contributed by atoms with Crippen LogP contribution in [0.25, 0.3) is 0 Å². The van der Waals surface area contributed by atoms with Crippen molar-refractivity contribution in [3.05, 3.63) is 12.2 Å². The molecule has 0 aromatic rings. The summed E-state index contributed by atoms with van der Waals surface area (Å²) >= 11 is 0. The van der Waals surface area contributed by atoms with Crippen molar-refractivity contribution < 1.29 is 48.9 Å². The maximum Gasteiger partial charge on any atom is 0.309 e. The zero-order valence-corrected chi connectivity index (χ0v) is 35.0. The smallest absolute Gasteiger partial charge is 0.309 e. The fraction of sp³-hybridized carbons (Fsp3) is 0.907. The minimum atomic E-state index is -1.32. The number of ether oxygens (including phenoxy) is 5. The van der Waals surface area contributed by atoms with Crippen molar-refractivity contribution in [2.45, 2.75) is 199 Å². The zero-order valence-electron chi connectivity index (χ0n) is 35.0. The van der Waals surface area contributed by atoms with Crippen molar-refractivity contribution >= 4 is 11.7 Å². The van der Waals surface area contributed by atoms with Crippen LogP contribution in [0, 0.1) is 41.4 Å². The first-order valence-corrected chi connectivity index (χ1v) is 21.2. The Morgan fingerprint density at radius 2 is 1.61 bits per heavy atom. The van der Waals surface area contributed by atoms with Gasteiger partial charge in [-0.15, -0.1) is 0 Å². The Labute approximate surface area is 324 Å². The standard InChI is InChI=1S/C43H73NO10/c1-12-30(39(47)48)32-16-15-24(4)37(51-32)28(8)36(46)27(7)35(44-11)31(13-2)38-25(5)23-26(6)42(52-38)20-17-33(45)43(54-42)22-21-40(10,53-43)34-18-19-41(49,14-3)29(9)50-34/h17,20,24-34,36-38,45-46,49H,12-16,18-19,21-23H2,1-11H3,(H,47,48). The van der Waals surface area contributed by atoms with Gasteiger partial charge in [0.05, 0.1) is 53.7 Å². The number of nitrogens with zero attached hydrogens (tertiary/aromatic N) is 1. The molecule has 11 heteroatoms. The molecule has 0 radical (unpaired) electrons. The highest BCUT2D eigenvalue weighted by molar-refractivity contribution is 5.89. The first-order chi connectivity index (χ1) is 25.3. The zero-order chi connectivity index (χ0) is 40.0. The van der Waals surface area contributed by atoms with Gasteiger partial charge in [0.1, 0.15) is 6.10 Å². The van der Waals surface area contributed by atoms with Crippen molar-refractivity contribution in [2.75, 3.05) is 7.05 Å². The second kappa shape index (κ2) is 16.8. The van der Waals surface area contributed by atoms with Gasteiger partial charge in [-0.25, -0.2) is 0 Å². The second-order valence-corrected chi connectivity index (χ2v) is 18.2. The van der Waals surface area contributed by atoms with Crippen LogP contribution in [0.4, 0.5) is 0 Å². The number of aliphatic carboxylic acids is 1. The van der Waals surface area contributed by atoms with E-state index >= 15 is 0 Å². The number of carboxylic acids is 1. The molecule has 0 bridgehead atoms. The van der Waals surface area contributed by atoms with Crippen LogP contribution in [0.3, 0.4) is 0 Å². The SMILES string of the molecule is CCC(C(=O)O)C1CCC(C)C(C(C)C(O)C(C)C(=NC)C(CC)C2OC3(C=CC(O)C4(CCC(C)(C5CCC(O)(CC)C(C)O5)O4)O3)C(C)CC2C)O1. The van der Waals surface area contributed by atoms with Gasteiger partial charge in [0.2, 0.25) is 5.79 Å². The average molecular weight is 764 g/mol. The summed E-state index contributed by atoms with van der Waals surface area (Å²) in [4.78, 5) is 16.8. The lowest BCUT2D eigenvalue weighted by Crippen LogP contribution is -2.63. The lowest BCUT2D eigenvalue weighted by atomic mass is 9.72. The summed E-state index contributed by atoms with van der Waals surface area (Å²) in [5.74, 6) is -4.24. The van der Waals surface area contributed by atoms with E-state index < -0.39 is 46.9 Å². The van der Waals surface area contributed by atoms with Crippen LogP contribution in [0.1, 0.15) is 133 Å². The molecule has 4 N–H and O–H groups in total. The van der Waals surface area contributed by atoms with Gasteiger partial charge in [0.15, 0.2) is 5.79 Å². The number of hydrogen-bond acceptors (Lipinski definition) is 10. The highest BCUT2D eigenvalue weighted by atomic mass is 16.8. The summed E-state index contributed by atoms with van der Waals surface area (Å²) in [7, 11) is 1.79. The minimum absolute atomic E-state index is 0.0384. The normalized spacial score (nSPS) is 46.0. The van der Waals surface area contributed by atoms with Gasteiger partial charge in [-0.2, -0.15) is 0 Å². The molecule has 310 valence electrons. The highest BCUT2D eigenvalue weighted by Crippen LogP contribution is 2.54. The molecular formula is C43H73NO10. The van der Waals surface area contributed by atoms with E-state index in [1.54, 1.807) is 13.1 Å². The van der Waals surface area contributed by atoms with Gasteiger partial charge in [-0.1, -0.05) is 55.4 Å². The van der Waals surface area contributed by atoms with E-state index in [-0.39, 0.29) is 66.0 Å². The molecule has 11 nitrogen and oxygen atoms in total. The third-order valence-electron chi connectivity index (χ3n) is 14.7. The van der Waals surface area contributed by atoms with Gasteiger partial charge in [-0.05, 0) is 95.6 Å². The van der Waals surface area contributed by atoms with Gasteiger partial charge in [-0.3, -0.25) is 9.79 Å². The number of aliphatic imine (C=N–C) groups is 1. The summed E-state index contributed by atoms with van der Waals surface area (Å²) in [5, 5.41) is 44.4. The molecule has 4 saturated heterocycles. The molecule has 5 rings (SSSR count). The number of aliphatic hydroxyl groups excluding tert-OH is 2. The van der Waals surface area contributed by atoms with Crippen LogP contribution in [0.15, 0.2) is 17.1 Å². The van der Waals surface area contributed by atoms with Crippen LogP contribution in [-0.2, 0) is 28.5 Å². The van der Waals surface area contributed by atoms with E-state index in [4.69, 9.17) is 28.7 Å². The van der Waals surface area contributed by atoms with Crippen LogP contribution < -0.4 is 0 Å². The Kier molecular flexibility index (Phi) is 13.6. The van der Waals surface area contributed by atoms with Crippen molar-refractivity contribution in [1.29, 1.82) is 0 Å². The number of aliphatic hydroxyl groups is 3. The first-order valence-electron chi connectivity index (χ1n) is 21.2. The van der Waals surface area contributed by atoms with E-state index in [2.05, 4.69) is 27.7 Å². The topological polar surface area (TPSA) is 156 Å². The summed E-state index contributed by atoms with van der Waals surface area (Å²) in [6, 6.07) is 0. The van der Waals surface area contributed by atoms with Crippen molar-refractivity contribution in [3.8, 4) is 0 Å². The molecule has 0 aliphatic carbocycles. The third kappa shape index (κ3) is 8.00. The van der Waals surface area contributed by atoms with Crippen LogP contribution in [-0.4, -0.2) is 105 Å². The third-order valence-corrected chi connectivity index (χ3v) is 14.7. The predicted molar refractivity (Wildman–Crippen MR) is 207 cm³/mol. The fourth-order valence-electron chi connectivity index (χ4n) is 10.9. The Bertz CT molecular complexity index is 1360. The molecule has 18 unspecified atom stereocenters. The van der Waals surface area contributed by atoms with Gasteiger partial charge in [0, 0.05) is 42.9 Å². The molecule has 5 heterocycles. The maximum atomic E-state index is 12.0. The molecule has 54 heavy (non-hydrogen) atoms. The molecule has 18 atom stereocenters. The van der Waals surface area contributed by atoms with E-state index in [1.165, 1.54) is 0 Å². The van der Waals surface area contributed by atoms with E-state index in [9.17, 15) is 25.2 Å². The second-order valence-electron chi connectivity index (χ2n) is 18.2. The summed E-state index contributed by atoms with van der Waals surface area (Å²) in [5.41, 5.74) is -0.700. The highest BCUT2D eigenvalue weighted by Gasteiger charge is 2.63. The number of carboxylic acid groups (broad SMARTS) is 1. The summed E-state index contributed by atoms with van der Waals surface area (Å²) in [6.45, 7) is 20.5.